The minimum atomic E-state index is 0.853. The van der Waals surface area contributed by atoms with Gasteiger partial charge in [0.15, 0.2) is 0 Å². The van der Waals surface area contributed by atoms with E-state index in [9.17, 15) is 0 Å². The Morgan fingerprint density at radius 2 is 2.18 bits per heavy atom. The summed E-state index contributed by atoms with van der Waals surface area (Å²) in [5.74, 6) is 1.98. The molecule has 0 aromatic carbocycles. The first-order valence-electron chi connectivity index (χ1n) is 6.75. The molecule has 1 aliphatic rings. The number of hydrogen-bond donors (Lipinski definition) is 1. The van der Waals surface area contributed by atoms with E-state index < -0.39 is 0 Å². The largest absolute Gasteiger partial charge is 0.468 e. The maximum atomic E-state index is 5.53. The minimum Gasteiger partial charge on any atom is -0.468 e. The summed E-state index contributed by atoms with van der Waals surface area (Å²) < 4.78 is 5.53. The van der Waals surface area contributed by atoms with Gasteiger partial charge in [-0.1, -0.05) is 6.92 Å². The molecule has 0 bridgehead atoms. The van der Waals surface area contributed by atoms with Crippen LogP contribution < -0.4 is 5.32 Å². The lowest BCUT2D eigenvalue weighted by Crippen LogP contribution is -2.35. The molecule has 1 aliphatic heterocycles. The summed E-state index contributed by atoms with van der Waals surface area (Å²) in [6.45, 7) is 9.99. The van der Waals surface area contributed by atoms with Gasteiger partial charge in [-0.3, -0.25) is 4.90 Å². The topological polar surface area (TPSA) is 28.4 Å². The third kappa shape index (κ3) is 3.58. The Morgan fingerprint density at radius 1 is 1.41 bits per heavy atom. The van der Waals surface area contributed by atoms with Crippen molar-refractivity contribution >= 4 is 0 Å². The summed E-state index contributed by atoms with van der Waals surface area (Å²) in [4.78, 5) is 2.50. The number of rotatable bonds is 5. The van der Waals surface area contributed by atoms with Gasteiger partial charge in [-0.25, -0.2) is 0 Å². The van der Waals surface area contributed by atoms with Crippen LogP contribution in [-0.2, 0) is 6.54 Å². The molecule has 1 fully saturated rings. The van der Waals surface area contributed by atoms with E-state index in [1.165, 1.54) is 38.0 Å². The highest BCUT2D eigenvalue weighted by Gasteiger charge is 2.17. The quantitative estimate of drug-likeness (QED) is 0.851. The molecule has 0 atom stereocenters. The lowest BCUT2D eigenvalue weighted by molar-refractivity contribution is 0.194. The lowest BCUT2D eigenvalue weighted by atomic mass is 9.97. The van der Waals surface area contributed by atoms with Crippen molar-refractivity contribution in [2.75, 3.05) is 26.2 Å². The molecule has 2 heterocycles. The molecule has 0 spiro atoms. The normalized spacial score (nSPS) is 17.8. The molecular weight excluding hydrogens is 212 g/mol. The van der Waals surface area contributed by atoms with Gasteiger partial charge in [0.25, 0.3) is 0 Å². The van der Waals surface area contributed by atoms with E-state index in [1.807, 2.05) is 6.07 Å². The number of aryl methyl sites for hydroxylation is 1. The fourth-order valence-electron chi connectivity index (χ4n) is 2.50. The summed E-state index contributed by atoms with van der Waals surface area (Å²) in [6, 6.07) is 2.05. The predicted octanol–water partition coefficient (Wildman–Crippen LogP) is 2.41. The van der Waals surface area contributed by atoms with Crippen molar-refractivity contribution in [1.82, 2.24) is 10.2 Å². The SMILES string of the molecule is CCN(Cc1occc1C)CC1CCNCC1. The van der Waals surface area contributed by atoms with Crippen LogP contribution >= 0.6 is 0 Å². The fraction of sp³-hybridized carbons (Fsp3) is 0.714. The van der Waals surface area contributed by atoms with Crippen molar-refractivity contribution in [3.8, 4) is 0 Å². The molecule has 3 heteroatoms. The zero-order valence-electron chi connectivity index (χ0n) is 11.0. The minimum absolute atomic E-state index is 0.853. The number of furan rings is 1. The van der Waals surface area contributed by atoms with E-state index in [0.29, 0.717) is 0 Å². The molecule has 96 valence electrons. The van der Waals surface area contributed by atoms with E-state index in [0.717, 1.165) is 24.8 Å². The Hall–Kier alpha value is -0.800. The second-order valence-electron chi connectivity index (χ2n) is 5.05. The van der Waals surface area contributed by atoms with E-state index in [-0.39, 0.29) is 0 Å². The van der Waals surface area contributed by atoms with Crippen molar-refractivity contribution in [2.24, 2.45) is 5.92 Å². The van der Waals surface area contributed by atoms with Crippen molar-refractivity contribution in [2.45, 2.75) is 33.2 Å². The van der Waals surface area contributed by atoms with E-state index in [1.54, 1.807) is 6.26 Å². The molecule has 2 rings (SSSR count). The average Bonchev–Trinajstić information content (AvgIpc) is 2.75. The van der Waals surface area contributed by atoms with Gasteiger partial charge in [0, 0.05) is 6.54 Å². The van der Waals surface area contributed by atoms with Crippen LogP contribution in [0.5, 0.6) is 0 Å². The summed E-state index contributed by atoms with van der Waals surface area (Å²) in [5, 5.41) is 3.42. The van der Waals surface area contributed by atoms with E-state index in [4.69, 9.17) is 4.42 Å². The Kier molecular flexibility index (Phi) is 4.63. The summed E-state index contributed by atoms with van der Waals surface area (Å²) in [6.07, 6.45) is 4.42. The maximum absolute atomic E-state index is 5.53. The average molecular weight is 236 g/mol. The van der Waals surface area contributed by atoms with Gasteiger partial charge >= 0.3 is 0 Å². The van der Waals surface area contributed by atoms with Crippen LogP contribution in [0.15, 0.2) is 16.7 Å². The van der Waals surface area contributed by atoms with Crippen LogP contribution in [0.3, 0.4) is 0 Å². The fourth-order valence-corrected chi connectivity index (χ4v) is 2.50. The van der Waals surface area contributed by atoms with Crippen molar-refractivity contribution in [3.63, 3.8) is 0 Å². The zero-order valence-corrected chi connectivity index (χ0v) is 11.0. The summed E-state index contributed by atoms with van der Waals surface area (Å²) in [7, 11) is 0. The molecule has 0 unspecified atom stereocenters. The van der Waals surface area contributed by atoms with Gasteiger partial charge in [-0.2, -0.15) is 0 Å². The number of nitrogens with zero attached hydrogens (tertiary/aromatic N) is 1. The van der Waals surface area contributed by atoms with E-state index >= 15 is 0 Å². The second kappa shape index (κ2) is 6.22. The molecule has 0 saturated carbocycles. The molecule has 0 aliphatic carbocycles. The number of piperidine rings is 1. The summed E-state index contributed by atoms with van der Waals surface area (Å²) >= 11 is 0. The smallest absolute Gasteiger partial charge is 0.120 e. The third-order valence-corrected chi connectivity index (χ3v) is 3.76. The van der Waals surface area contributed by atoms with Crippen LogP contribution in [-0.4, -0.2) is 31.1 Å². The van der Waals surface area contributed by atoms with Crippen LogP contribution in [0.4, 0.5) is 0 Å². The van der Waals surface area contributed by atoms with Crippen LogP contribution in [0, 0.1) is 12.8 Å². The molecule has 17 heavy (non-hydrogen) atoms. The highest BCUT2D eigenvalue weighted by atomic mass is 16.3. The number of hydrogen-bond acceptors (Lipinski definition) is 3. The molecule has 0 amide bonds. The Morgan fingerprint density at radius 3 is 2.76 bits per heavy atom. The summed E-state index contributed by atoms with van der Waals surface area (Å²) in [5.41, 5.74) is 1.27. The molecule has 1 saturated heterocycles. The molecule has 1 aromatic rings. The molecule has 1 N–H and O–H groups in total. The maximum Gasteiger partial charge on any atom is 0.120 e. The third-order valence-electron chi connectivity index (χ3n) is 3.76. The molecule has 0 radical (unpaired) electrons. The van der Waals surface area contributed by atoms with Gasteiger partial charge in [0.05, 0.1) is 12.8 Å². The van der Waals surface area contributed by atoms with Crippen molar-refractivity contribution in [1.29, 1.82) is 0 Å². The van der Waals surface area contributed by atoms with Crippen LogP contribution in [0.25, 0.3) is 0 Å². The number of nitrogens with one attached hydrogen (secondary N) is 1. The van der Waals surface area contributed by atoms with Crippen LogP contribution in [0.2, 0.25) is 0 Å². The highest BCUT2D eigenvalue weighted by Crippen LogP contribution is 2.17. The lowest BCUT2D eigenvalue weighted by Gasteiger charge is -2.28. The van der Waals surface area contributed by atoms with Gasteiger partial charge in [0.1, 0.15) is 5.76 Å². The van der Waals surface area contributed by atoms with Gasteiger partial charge in [-0.05, 0) is 56.9 Å². The predicted molar refractivity (Wildman–Crippen MR) is 70.0 cm³/mol. The van der Waals surface area contributed by atoms with Crippen molar-refractivity contribution < 1.29 is 4.42 Å². The van der Waals surface area contributed by atoms with Crippen molar-refractivity contribution in [3.05, 3.63) is 23.7 Å². The van der Waals surface area contributed by atoms with Gasteiger partial charge in [-0.15, -0.1) is 0 Å². The Labute approximate surface area is 104 Å². The standard InChI is InChI=1S/C14H24N2O/c1-3-16(10-13-4-7-15-8-5-13)11-14-12(2)6-9-17-14/h6,9,13,15H,3-5,7-8,10-11H2,1-2H3. The molecule has 1 aromatic heterocycles. The first-order chi connectivity index (χ1) is 8.29. The zero-order chi connectivity index (χ0) is 12.1. The Balaban J connectivity index is 1.85. The Bertz CT molecular complexity index is 329. The molecule has 3 nitrogen and oxygen atoms in total. The van der Waals surface area contributed by atoms with E-state index in [2.05, 4.69) is 24.1 Å². The highest BCUT2D eigenvalue weighted by molar-refractivity contribution is 5.14. The first-order valence-corrected chi connectivity index (χ1v) is 6.75. The molecular formula is C14H24N2O. The first kappa shape index (κ1) is 12.7. The second-order valence-corrected chi connectivity index (χ2v) is 5.05. The van der Waals surface area contributed by atoms with Gasteiger partial charge < -0.3 is 9.73 Å². The van der Waals surface area contributed by atoms with Gasteiger partial charge in [0.2, 0.25) is 0 Å². The van der Waals surface area contributed by atoms with Crippen LogP contribution in [0.1, 0.15) is 31.1 Å². The monoisotopic (exact) mass is 236 g/mol.